The molecule has 3 rings (SSSR count). The van der Waals surface area contributed by atoms with Gasteiger partial charge in [0.15, 0.2) is 0 Å². The van der Waals surface area contributed by atoms with Crippen molar-refractivity contribution < 1.29 is 4.74 Å². The first-order valence-corrected chi connectivity index (χ1v) is 8.92. The van der Waals surface area contributed by atoms with Gasteiger partial charge < -0.3 is 4.74 Å². The molecular weight excluding hydrogens is 280 g/mol. The summed E-state index contributed by atoms with van der Waals surface area (Å²) in [4.78, 5) is 0. The van der Waals surface area contributed by atoms with E-state index >= 15 is 0 Å². The van der Waals surface area contributed by atoms with Gasteiger partial charge in [-0.15, -0.1) is 0 Å². The molecule has 3 nitrogen and oxygen atoms in total. The van der Waals surface area contributed by atoms with Crippen LogP contribution in [0.3, 0.4) is 0 Å². The molecule has 1 saturated heterocycles. The first-order valence-electron chi connectivity index (χ1n) is 7.76. The summed E-state index contributed by atoms with van der Waals surface area (Å²) in [7, 11) is 0. The van der Waals surface area contributed by atoms with Crippen LogP contribution in [0, 0.1) is 11.3 Å². The lowest BCUT2D eigenvalue weighted by molar-refractivity contribution is 0.129. The number of hydrogen-bond donors (Lipinski definition) is 1. The van der Waals surface area contributed by atoms with E-state index in [-0.39, 0.29) is 0 Å². The first-order chi connectivity index (χ1) is 10.3. The van der Waals surface area contributed by atoms with E-state index in [9.17, 15) is 5.26 Å². The Kier molecular flexibility index (Phi) is 4.84. The molecule has 0 radical (unpaired) electrons. The highest BCUT2D eigenvalue weighted by atomic mass is 32.2. The minimum Gasteiger partial charge on any atom is -0.377 e. The Bertz CT molecular complexity index is 491. The number of rotatable bonds is 7. The van der Waals surface area contributed by atoms with Crippen molar-refractivity contribution in [2.75, 3.05) is 18.1 Å². The molecule has 1 N–H and O–H groups in total. The fourth-order valence-corrected chi connectivity index (χ4v) is 4.02. The normalized spacial score (nSPS) is 24.4. The average Bonchev–Trinajstić information content (AvgIpc) is 3.19. The highest BCUT2D eigenvalue weighted by Crippen LogP contribution is 2.32. The zero-order valence-corrected chi connectivity index (χ0v) is 13.1. The largest absolute Gasteiger partial charge is 0.377 e. The van der Waals surface area contributed by atoms with E-state index in [1.54, 1.807) is 0 Å². The van der Waals surface area contributed by atoms with E-state index in [1.165, 1.54) is 19.3 Å². The van der Waals surface area contributed by atoms with Gasteiger partial charge in [-0.2, -0.15) is 17.0 Å². The minimum absolute atomic E-state index is 0.378. The Balaban J connectivity index is 1.67. The van der Waals surface area contributed by atoms with E-state index in [1.807, 2.05) is 30.0 Å². The summed E-state index contributed by atoms with van der Waals surface area (Å²) in [5.74, 6) is 1.77. The van der Waals surface area contributed by atoms with Gasteiger partial charge in [-0.1, -0.05) is 30.3 Å². The van der Waals surface area contributed by atoms with Crippen molar-refractivity contribution in [2.45, 2.75) is 43.4 Å². The van der Waals surface area contributed by atoms with Gasteiger partial charge in [-0.25, -0.2) is 0 Å². The Labute approximate surface area is 131 Å². The summed E-state index contributed by atoms with van der Waals surface area (Å²) in [5.41, 5.74) is 0.519. The zero-order valence-electron chi connectivity index (χ0n) is 12.3. The van der Waals surface area contributed by atoms with Gasteiger partial charge in [-0.05, 0) is 31.2 Å². The maximum atomic E-state index is 9.84. The van der Waals surface area contributed by atoms with E-state index in [0.29, 0.717) is 12.1 Å². The Hall–Kier alpha value is -1.02. The molecule has 112 valence electrons. The van der Waals surface area contributed by atoms with Crippen LogP contribution < -0.4 is 5.32 Å². The van der Waals surface area contributed by atoms with Crippen LogP contribution in [0.25, 0.3) is 0 Å². The molecule has 2 aliphatic rings. The van der Waals surface area contributed by atoms with Gasteiger partial charge in [0.1, 0.15) is 5.54 Å². The van der Waals surface area contributed by atoms with Gasteiger partial charge in [0, 0.05) is 24.2 Å². The number of thioether (sulfide) groups is 1. The van der Waals surface area contributed by atoms with Crippen LogP contribution >= 0.6 is 11.8 Å². The summed E-state index contributed by atoms with van der Waals surface area (Å²) >= 11 is 1.84. The van der Waals surface area contributed by atoms with E-state index in [4.69, 9.17) is 4.74 Å². The van der Waals surface area contributed by atoms with E-state index in [2.05, 4.69) is 23.5 Å². The number of benzene rings is 1. The molecular formula is C17H22N2OS. The van der Waals surface area contributed by atoms with Crippen LogP contribution in [0.4, 0.5) is 0 Å². The van der Waals surface area contributed by atoms with Crippen LogP contribution in [0.15, 0.2) is 30.3 Å². The van der Waals surface area contributed by atoms with Crippen molar-refractivity contribution in [3.63, 3.8) is 0 Å². The molecule has 2 fully saturated rings. The lowest BCUT2D eigenvalue weighted by Crippen LogP contribution is -2.45. The van der Waals surface area contributed by atoms with Gasteiger partial charge >= 0.3 is 0 Å². The van der Waals surface area contributed by atoms with Crippen molar-refractivity contribution in [1.82, 2.24) is 5.32 Å². The molecule has 21 heavy (non-hydrogen) atoms. The number of nitrogens with one attached hydrogen (secondary N) is 1. The van der Waals surface area contributed by atoms with Crippen LogP contribution in [0.1, 0.15) is 31.2 Å². The maximum Gasteiger partial charge on any atom is 0.141 e. The van der Waals surface area contributed by atoms with Crippen molar-refractivity contribution in [3.8, 4) is 6.07 Å². The zero-order chi connectivity index (χ0) is 14.5. The third-order valence-corrected chi connectivity index (χ3v) is 5.38. The third-order valence-electron chi connectivity index (χ3n) is 4.13. The number of nitriles is 1. The second-order valence-corrected chi connectivity index (χ2v) is 6.98. The van der Waals surface area contributed by atoms with Crippen LogP contribution in [-0.2, 0) is 10.3 Å². The summed E-state index contributed by atoms with van der Waals surface area (Å²) in [6.45, 7) is 0.896. The molecule has 2 atom stereocenters. The molecule has 1 aromatic carbocycles. The molecule has 1 aliphatic carbocycles. The monoisotopic (exact) mass is 302 g/mol. The van der Waals surface area contributed by atoms with Gasteiger partial charge in [0.25, 0.3) is 0 Å². The standard InChI is InChI=1S/C17H22N2OS/c18-12-17(19-15-8-9-15,14-5-2-1-3-6-14)13-21-11-16-7-4-10-20-16/h1-3,5-6,15-16,19H,4,7-11,13H2. The molecule has 0 spiro atoms. The SMILES string of the molecule is N#CC(CSCC1CCCO1)(NC1CC1)c1ccccc1. The number of nitrogens with zero attached hydrogens (tertiary/aromatic N) is 1. The molecule has 2 unspecified atom stereocenters. The van der Waals surface area contributed by atoms with Crippen LogP contribution in [-0.4, -0.2) is 30.3 Å². The second kappa shape index (κ2) is 6.83. The number of ether oxygens (including phenoxy) is 1. The predicted molar refractivity (Wildman–Crippen MR) is 86.2 cm³/mol. The molecule has 1 heterocycles. The van der Waals surface area contributed by atoms with Crippen molar-refractivity contribution in [2.24, 2.45) is 0 Å². The molecule has 1 aromatic rings. The lowest BCUT2D eigenvalue weighted by Gasteiger charge is -2.29. The minimum atomic E-state index is -0.564. The highest BCUT2D eigenvalue weighted by Gasteiger charge is 2.38. The average molecular weight is 302 g/mol. The van der Waals surface area contributed by atoms with E-state index in [0.717, 1.165) is 30.1 Å². The maximum absolute atomic E-state index is 9.84. The predicted octanol–water partition coefficient (Wildman–Crippen LogP) is 3.07. The quantitative estimate of drug-likeness (QED) is 0.841. The van der Waals surface area contributed by atoms with Crippen molar-refractivity contribution in [1.29, 1.82) is 5.26 Å². The molecule has 1 saturated carbocycles. The fraction of sp³-hybridized carbons (Fsp3) is 0.588. The Morgan fingerprint density at radius 1 is 1.29 bits per heavy atom. The van der Waals surface area contributed by atoms with Crippen LogP contribution in [0.5, 0.6) is 0 Å². The van der Waals surface area contributed by atoms with Crippen molar-refractivity contribution >= 4 is 11.8 Å². The third kappa shape index (κ3) is 3.79. The first kappa shape index (κ1) is 14.9. The lowest BCUT2D eigenvalue weighted by atomic mass is 9.93. The molecule has 0 aromatic heterocycles. The Morgan fingerprint density at radius 2 is 2.10 bits per heavy atom. The van der Waals surface area contributed by atoms with E-state index < -0.39 is 5.54 Å². The van der Waals surface area contributed by atoms with Gasteiger partial charge in [-0.3, -0.25) is 5.32 Å². The Morgan fingerprint density at radius 3 is 2.71 bits per heavy atom. The summed E-state index contributed by atoms with van der Waals surface area (Å²) in [6.07, 6.45) is 5.09. The summed E-state index contributed by atoms with van der Waals surface area (Å²) < 4.78 is 5.68. The molecule has 0 amide bonds. The number of hydrogen-bond acceptors (Lipinski definition) is 4. The smallest absolute Gasteiger partial charge is 0.141 e. The summed E-state index contributed by atoms with van der Waals surface area (Å²) in [5, 5.41) is 13.4. The fourth-order valence-electron chi connectivity index (χ4n) is 2.76. The van der Waals surface area contributed by atoms with Crippen molar-refractivity contribution in [3.05, 3.63) is 35.9 Å². The van der Waals surface area contributed by atoms with Gasteiger partial charge in [0.2, 0.25) is 0 Å². The summed E-state index contributed by atoms with van der Waals surface area (Å²) in [6, 6.07) is 13.2. The molecule has 1 aliphatic heterocycles. The topological polar surface area (TPSA) is 45.0 Å². The van der Waals surface area contributed by atoms with Crippen LogP contribution in [0.2, 0.25) is 0 Å². The molecule has 4 heteroatoms. The highest BCUT2D eigenvalue weighted by molar-refractivity contribution is 7.99. The van der Waals surface area contributed by atoms with Gasteiger partial charge in [0.05, 0.1) is 12.2 Å². The molecule has 0 bridgehead atoms. The second-order valence-electron chi connectivity index (χ2n) is 5.95.